The number of carbonyl (C=O) groups excluding carboxylic acids is 2. The van der Waals surface area contributed by atoms with E-state index in [0.29, 0.717) is 12.8 Å². The summed E-state index contributed by atoms with van der Waals surface area (Å²) in [6.45, 7) is 4.04. The third kappa shape index (κ3) is 69.3. The fourth-order valence-corrected chi connectivity index (χ4v) is 10.5. The minimum absolute atomic E-state index is 0.0700. The molecule has 0 aromatic rings. The Morgan fingerprint density at radius 1 is 0.293 bits per heavy atom. The van der Waals surface area contributed by atoms with Crippen LogP contribution < -0.4 is 0 Å². The van der Waals surface area contributed by atoms with E-state index in [9.17, 15) is 14.7 Å². The number of hydrogen-bond acceptors (Lipinski definition) is 5. The summed E-state index contributed by atoms with van der Waals surface area (Å²) < 4.78 is 10.8. The minimum atomic E-state index is -0.782. The Hall–Kier alpha value is -3.18. The maximum atomic E-state index is 12.4. The highest BCUT2D eigenvalue weighted by Crippen LogP contribution is 2.18. The Balaban J connectivity index is 3.42. The molecule has 0 fully saturated rings. The van der Waals surface area contributed by atoms with Crippen molar-refractivity contribution in [1.82, 2.24) is 0 Å². The third-order valence-corrected chi connectivity index (χ3v) is 15.9. The number of carbonyl (C=O) groups is 2. The molecular weight excluding hydrogens is 1000 g/mol. The fourth-order valence-electron chi connectivity index (χ4n) is 10.5. The van der Waals surface area contributed by atoms with Crippen molar-refractivity contribution in [2.75, 3.05) is 13.2 Å². The van der Waals surface area contributed by atoms with Gasteiger partial charge in [-0.25, -0.2) is 0 Å². The molecule has 0 amide bonds. The second-order valence-corrected chi connectivity index (χ2v) is 23.9. The van der Waals surface area contributed by atoms with Gasteiger partial charge in [0.1, 0.15) is 6.61 Å². The van der Waals surface area contributed by atoms with Gasteiger partial charge in [-0.1, -0.05) is 349 Å². The van der Waals surface area contributed by atoms with Gasteiger partial charge in [0.25, 0.3) is 0 Å². The van der Waals surface area contributed by atoms with Gasteiger partial charge in [0, 0.05) is 12.8 Å². The number of unbranched alkanes of at least 4 members (excludes halogenated alkanes) is 42. The van der Waals surface area contributed by atoms with Crippen molar-refractivity contribution in [3.63, 3.8) is 0 Å². The molecule has 0 saturated carbocycles. The monoisotopic (exact) mass is 1140 g/mol. The van der Waals surface area contributed by atoms with E-state index in [1.807, 2.05) is 0 Å². The van der Waals surface area contributed by atoms with Gasteiger partial charge in [0.2, 0.25) is 0 Å². The van der Waals surface area contributed by atoms with E-state index in [1.54, 1.807) is 0 Å². The number of ether oxygens (including phenoxy) is 2. The molecule has 474 valence electrons. The molecule has 1 N–H and O–H groups in total. The smallest absolute Gasteiger partial charge is 0.306 e. The molecule has 0 heterocycles. The molecule has 5 heteroatoms. The first kappa shape index (κ1) is 78.8. The Labute approximate surface area is 510 Å². The van der Waals surface area contributed by atoms with E-state index in [-0.39, 0.29) is 25.2 Å². The Bertz CT molecular complexity index is 1530. The van der Waals surface area contributed by atoms with E-state index in [4.69, 9.17) is 9.47 Å². The average Bonchev–Trinajstić information content (AvgIpc) is 3.49. The van der Waals surface area contributed by atoms with Gasteiger partial charge in [-0.05, 0) is 96.3 Å². The normalized spacial score (nSPS) is 12.8. The van der Waals surface area contributed by atoms with Crippen LogP contribution in [0.5, 0.6) is 0 Å². The maximum Gasteiger partial charge on any atom is 0.306 e. The van der Waals surface area contributed by atoms with Crippen LogP contribution in [0, 0.1) is 0 Å². The van der Waals surface area contributed by atoms with E-state index in [0.717, 1.165) is 89.9 Å². The summed E-state index contributed by atoms with van der Waals surface area (Å²) in [6, 6.07) is 0. The van der Waals surface area contributed by atoms with Crippen LogP contribution in [0.15, 0.2) is 97.2 Å². The fraction of sp³-hybridized carbons (Fsp3) is 0.766. The summed E-state index contributed by atoms with van der Waals surface area (Å²) >= 11 is 0. The molecule has 1 unspecified atom stereocenters. The molecule has 0 aliphatic carbocycles. The predicted octanol–water partition coefficient (Wildman–Crippen LogP) is 25.0. The van der Waals surface area contributed by atoms with E-state index in [1.165, 1.54) is 244 Å². The molecule has 0 spiro atoms. The summed E-state index contributed by atoms with van der Waals surface area (Å²) in [7, 11) is 0. The van der Waals surface area contributed by atoms with Gasteiger partial charge in [-0.2, -0.15) is 0 Å². The molecule has 0 rings (SSSR count). The molecule has 82 heavy (non-hydrogen) atoms. The van der Waals surface area contributed by atoms with Gasteiger partial charge in [0.15, 0.2) is 6.10 Å². The number of aliphatic hydroxyl groups is 1. The van der Waals surface area contributed by atoms with Crippen LogP contribution in [0.1, 0.15) is 361 Å². The third-order valence-electron chi connectivity index (χ3n) is 15.9. The molecule has 0 bridgehead atoms. The summed E-state index contributed by atoms with van der Waals surface area (Å²) in [4.78, 5) is 24.6. The molecule has 5 nitrogen and oxygen atoms in total. The van der Waals surface area contributed by atoms with Gasteiger partial charge in [-0.3, -0.25) is 9.59 Å². The second kappa shape index (κ2) is 72.1. The van der Waals surface area contributed by atoms with Crippen molar-refractivity contribution in [3.05, 3.63) is 97.2 Å². The first-order chi connectivity index (χ1) is 40.6. The average molecular weight is 1140 g/mol. The number of hydrogen-bond donors (Lipinski definition) is 1. The van der Waals surface area contributed by atoms with E-state index >= 15 is 0 Å². The lowest BCUT2D eigenvalue weighted by atomic mass is 10.0. The molecule has 0 aromatic heterocycles. The summed E-state index contributed by atoms with van der Waals surface area (Å²) in [6.07, 6.45) is 103. The summed E-state index contributed by atoms with van der Waals surface area (Å²) in [5.74, 6) is -0.589. The molecule has 0 aliphatic heterocycles. The van der Waals surface area contributed by atoms with E-state index < -0.39 is 6.10 Å². The topological polar surface area (TPSA) is 72.8 Å². The number of allylic oxidation sites excluding steroid dienone is 16. The standard InChI is InChI=1S/C77H136O5/c1-3-5-7-9-11-13-15-17-19-21-23-25-27-29-31-32-33-34-35-36-37-38-39-40-41-42-43-44-46-47-49-51-53-55-57-59-61-63-65-67-69-71-76(79)81-74-75(73-78)82-77(80)72-70-68-66-64-62-60-58-56-54-52-50-48-45-30-28-26-24-22-20-18-16-14-12-10-8-6-4-2/h6,8,12,14-15,17-18,20-21,23-24,26,30,45,50,52,75,78H,3-5,7,9-11,13,16,19,22,25,27-29,31-44,46-49,51,53-74H2,1-2H3/b8-6-,14-12-,17-15-,20-18-,23-21-,26-24-,45-30-,52-50-. The lowest BCUT2D eigenvalue weighted by molar-refractivity contribution is -0.161. The highest BCUT2D eigenvalue weighted by atomic mass is 16.6. The first-order valence-electron chi connectivity index (χ1n) is 35.8. The van der Waals surface area contributed by atoms with Crippen molar-refractivity contribution >= 4 is 11.9 Å². The number of esters is 2. The Morgan fingerprint density at radius 3 is 0.793 bits per heavy atom. The molecule has 1 atom stereocenters. The van der Waals surface area contributed by atoms with Crippen molar-refractivity contribution < 1.29 is 24.2 Å². The SMILES string of the molecule is CC/C=C\C/C=C\C/C=C\C/C=C\C/C=C\C/C=C\CCCCCCCCCCC(=O)OC(CO)COC(=O)CCCCCCCCCCCCCCCCCCCCCCCCCCCCCCC/C=C\C/C=C\CCCCCCC. The lowest BCUT2D eigenvalue weighted by Gasteiger charge is -2.15. The van der Waals surface area contributed by atoms with Gasteiger partial charge < -0.3 is 14.6 Å². The molecular formula is C77H136O5. The molecule has 0 aromatic carbocycles. The largest absolute Gasteiger partial charge is 0.462 e. The molecule has 0 saturated heterocycles. The second-order valence-electron chi connectivity index (χ2n) is 23.9. The number of rotatable bonds is 66. The zero-order valence-corrected chi connectivity index (χ0v) is 54.5. The number of aliphatic hydroxyl groups excluding tert-OH is 1. The Kier molecular flexibility index (Phi) is 69.3. The van der Waals surface area contributed by atoms with Crippen molar-refractivity contribution in [1.29, 1.82) is 0 Å². The van der Waals surface area contributed by atoms with Crippen LogP contribution in [-0.4, -0.2) is 36.4 Å². The zero-order chi connectivity index (χ0) is 59.1. The molecule has 0 radical (unpaired) electrons. The van der Waals surface area contributed by atoms with Crippen LogP contribution in [-0.2, 0) is 19.1 Å². The summed E-state index contributed by atoms with van der Waals surface area (Å²) in [5.41, 5.74) is 0. The van der Waals surface area contributed by atoms with E-state index in [2.05, 4.69) is 111 Å². The predicted molar refractivity (Wildman–Crippen MR) is 362 cm³/mol. The molecule has 0 aliphatic rings. The highest BCUT2D eigenvalue weighted by Gasteiger charge is 2.16. The maximum absolute atomic E-state index is 12.4. The Morgan fingerprint density at radius 2 is 0.524 bits per heavy atom. The van der Waals surface area contributed by atoms with Crippen molar-refractivity contribution in [2.24, 2.45) is 0 Å². The summed E-state index contributed by atoms with van der Waals surface area (Å²) in [5, 5.41) is 9.70. The van der Waals surface area contributed by atoms with Gasteiger partial charge in [0.05, 0.1) is 6.61 Å². The van der Waals surface area contributed by atoms with Crippen LogP contribution in [0.25, 0.3) is 0 Å². The van der Waals surface area contributed by atoms with Crippen LogP contribution in [0.4, 0.5) is 0 Å². The van der Waals surface area contributed by atoms with Gasteiger partial charge in [-0.15, -0.1) is 0 Å². The van der Waals surface area contributed by atoms with Gasteiger partial charge >= 0.3 is 11.9 Å². The van der Waals surface area contributed by atoms with Crippen LogP contribution >= 0.6 is 0 Å². The highest BCUT2D eigenvalue weighted by molar-refractivity contribution is 5.70. The van der Waals surface area contributed by atoms with Crippen molar-refractivity contribution in [2.45, 2.75) is 367 Å². The minimum Gasteiger partial charge on any atom is -0.462 e. The van der Waals surface area contributed by atoms with Crippen molar-refractivity contribution in [3.8, 4) is 0 Å². The quantitative estimate of drug-likeness (QED) is 0.0373. The zero-order valence-electron chi connectivity index (χ0n) is 54.5. The first-order valence-corrected chi connectivity index (χ1v) is 35.8. The van der Waals surface area contributed by atoms with Crippen LogP contribution in [0.2, 0.25) is 0 Å². The lowest BCUT2D eigenvalue weighted by Crippen LogP contribution is -2.28. The van der Waals surface area contributed by atoms with Crippen LogP contribution in [0.3, 0.4) is 0 Å².